The van der Waals surface area contributed by atoms with Gasteiger partial charge in [-0.05, 0) is 0 Å². The molecule has 50 valence electrons. The van der Waals surface area contributed by atoms with Crippen LogP contribution < -0.4 is 0 Å². The van der Waals surface area contributed by atoms with Gasteiger partial charge in [-0.15, -0.1) is 0 Å². The molecule has 0 aliphatic rings. The van der Waals surface area contributed by atoms with Crippen molar-refractivity contribution in [2.24, 2.45) is 0 Å². The van der Waals surface area contributed by atoms with Gasteiger partial charge >= 0.3 is 5.97 Å². The smallest absolute Gasteiger partial charge is 0.332 e. The van der Waals surface area contributed by atoms with Crippen LogP contribution in [-0.4, -0.2) is 28.8 Å². The molecule has 0 aromatic rings. The predicted molar refractivity (Wildman–Crippen MR) is 29.7 cm³/mol. The fraction of sp³-hybridized carbons (Fsp3) is 0.600. The third-order valence-corrected chi connectivity index (χ3v) is 0.799. The predicted octanol–water partition coefficient (Wildman–Crippen LogP) is -0.259. The van der Waals surface area contributed by atoms with Gasteiger partial charge < -0.3 is 15.1 Å². The lowest BCUT2D eigenvalue weighted by Crippen LogP contribution is -2.19. The fourth-order valence-electron chi connectivity index (χ4n) is 0.310. The molecule has 0 heterocycles. The van der Waals surface area contributed by atoms with Crippen molar-refractivity contribution in [3.63, 3.8) is 0 Å². The summed E-state index contributed by atoms with van der Waals surface area (Å²) in [5.74, 6) is -1.27. The number of carbonyl (C=O) groups is 1. The summed E-state index contributed by atoms with van der Waals surface area (Å²) >= 11 is 0. The number of carboxylic acid groups (broad SMARTS) is 1. The van der Waals surface area contributed by atoms with E-state index < -0.39 is 12.1 Å². The maximum absolute atomic E-state index is 9.85. The average Bonchev–Trinajstić information content (AvgIpc) is 1.82. The zero-order chi connectivity index (χ0) is 7.28. The number of rotatable bonds is 3. The Morgan fingerprint density at radius 1 is 1.78 bits per heavy atom. The Labute approximate surface area is 52.6 Å². The summed E-state index contributed by atoms with van der Waals surface area (Å²) < 4.78 is 0. The molecule has 0 bridgehead atoms. The Kier molecular flexibility index (Phi) is 3.40. The highest BCUT2D eigenvalue weighted by molar-refractivity contribution is 5.71. The van der Waals surface area contributed by atoms with Gasteiger partial charge in [0.05, 0.1) is 6.42 Å². The van der Waals surface area contributed by atoms with E-state index >= 15 is 0 Å². The van der Waals surface area contributed by atoms with Gasteiger partial charge in [0.1, 0.15) is 0 Å². The maximum atomic E-state index is 9.85. The maximum Gasteiger partial charge on any atom is 0.332 e. The molecule has 9 heavy (non-hydrogen) atoms. The molecule has 0 unspecified atom stereocenters. The largest absolute Gasteiger partial charge is 0.479 e. The van der Waals surface area contributed by atoms with E-state index in [0.29, 0.717) is 0 Å². The van der Waals surface area contributed by atoms with Gasteiger partial charge in [0.15, 0.2) is 6.10 Å². The van der Waals surface area contributed by atoms with E-state index in [0.717, 1.165) is 0 Å². The van der Waals surface area contributed by atoms with Gasteiger partial charge in [-0.3, -0.25) is 0 Å². The molecule has 0 saturated heterocycles. The van der Waals surface area contributed by atoms with Gasteiger partial charge in [0.2, 0.25) is 6.54 Å². The minimum Gasteiger partial charge on any atom is -0.479 e. The molecule has 4 nitrogen and oxygen atoms in total. The van der Waals surface area contributed by atoms with Crippen LogP contribution in [0.3, 0.4) is 0 Å². The van der Waals surface area contributed by atoms with Crippen molar-refractivity contribution in [2.45, 2.75) is 12.5 Å². The molecule has 0 radical (unpaired) electrons. The van der Waals surface area contributed by atoms with Crippen molar-refractivity contribution in [1.82, 2.24) is 0 Å². The Bertz CT molecular complexity index is 138. The highest BCUT2D eigenvalue weighted by Gasteiger charge is 2.12. The number of hydrogen-bond donors (Lipinski definition) is 2. The third-order valence-electron chi connectivity index (χ3n) is 0.799. The quantitative estimate of drug-likeness (QED) is 0.516. The molecule has 0 aromatic heterocycles. The number of carboxylic acids is 1. The Balaban J connectivity index is 3.41. The van der Waals surface area contributed by atoms with Crippen LogP contribution in [0.4, 0.5) is 0 Å². The molecule has 0 amide bonds. The van der Waals surface area contributed by atoms with Crippen LogP contribution in [0, 0.1) is 6.57 Å². The van der Waals surface area contributed by atoms with E-state index in [9.17, 15) is 4.79 Å². The van der Waals surface area contributed by atoms with E-state index in [-0.39, 0.29) is 13.0 Å². The summed E-state index contributed by atoms with van der Waals surface area (Å²) in [7, 11) is 0. The normalized spacial score (nSPS) is 12.0. The number of aliphatic hydroxyl groups excluding tert-OH is 1. The third kappa shape index (κ3) is 3.50. The van der Waals surface area contributed by atoms with Crippen LogP contribution in [0.5, 0.6) is 0 Å². The number of aliphatic hydroxyl groups is 1. The first kappa shape index (κ1) is 7.92. The van der Waals surface area contributed by atoms with Crippen molar-refractivity contribution < 1.29 is 15.0 Å². The summed E-state index contributed by atoms with van der Waals surface area (Å²) in [6.45, 7) is 6.32. The second kappa shape index (κ2) is 3.87. The highest BCUT2D eigenvalue weighted by Crippen LogP contribution is 1.90. The van der Waals surface area contributed by atoms with Gasteiger partial charge in [0, 0.05) is 0 Å². The van der Waals surface area contributed by atoms with E-state index in [1.165, 1.54) is 0 Å². The van der Waals surface area contributed by atoms with E-state index in [4.69, 9.17) is 16.8 Å². The minimum absolute atomic E-state index is 0.0127. The first-order valence-electron chi connectivity index (χ1n) is 2.42. The van der Waals surface area contributed by atoms with Gasteiger partial charge in [0.25, 0.3) is 0 Å². The Morgan fingerprint density at radius 2 is 2.33 bits per heavy atom. The zero-order valence-electron chi connectivity index (χ0n) is 4.74. The summed E-state index contributed by atoms with van der Waals surface area (Å²) in [6.07, 6.45) is -1.36. The van der Waals surface area contributed by atoms with Crippen LogP contribution in [0.25, 0.3) is 4.85 Å². The van der Waals surface area contributed by atoms with Crippen molar-refractivity contribution in [3.05, 3.63) is 11.4 Å². The molecular weight excluding hydrogens is 122 g/mol. The fourth-order valence-corrected chi connectivity index (χ4v) is 0.310. The van der Waals surface area contributed by atoms with Gasteiger partial charge in [-0.25, -0.2) is 11.4 Å². The number of aliphatic carboxylic acids is 1. The monoisotopic (exact) mass is 129 g/mol. The molecule has 1 atom stereocenters. The summed E-state index contributed by atoms with van der Waals surface area (Å²) in [6, 6.07) is 0. The number of nitrogens with zero attached hydrogens (tertiary/aromatic N) is 1. The minimum atomic E-state index is -1.38. The lowest BCUT2D eigenvalue weighted by atomic mass is 10.3. The molecule has 0 aliphatic carbocycles. The second-order valence-electron chi connectivity index (χ2n) is 1.52. The summed E-state index contributed by atoms with van der Waals surface area (Å²) in [5, 5.41) is 16.6. The molecule has 0 aromatic carbocycles. The van der Waals surface area contributed by atoms with Crippen molar-refractivity contribution in [1.29, 1.82) is 0 Å². The Morgan fingerprint density at radius 3 is 2.67 bits per heavy atom. The van der Waals surface area contributed by atoms with Crippen LogP contribution in [0.1, 0.15) is 6.42 Å². The molecule has 4 heteroatoms. The summed E-state index contributed by atoms with van der Waals surface area (Å²) in [5.41, 5.74) is 0. The van der Waals surface area contributed by atoms with Crippen LogP contribution in [0.2, 0.25) is 0 Å². The van der Waals surface area contributed by atoms with Crippen molar-refractivity contribution >= 4 is 5.97 Å². The second-order valence-corrected chi connectivity index (χ2v) is 1.52. The van der Waals surface area contributed by atoms with Crippen LogP contribution in [0.15, 0.2) is 0 Å². The first-order chi connectivity index (χ1) is 4.18. The first-order valence-corrected chi connectivity index (χ1v) is 2.42. The topological polar surface area (TPSA) is 61.9 Å². The highest BCUT2D eigenvalue weighted by atomic mass is 16.4. The van der Waals surface area contributed by atoms with E-state index in [1.54, 1.807) is 0 Å². The molecule has 0 saturated carbocycles. The standard InChI is InChI=1S/C5H7NO3/c1-6-3-2-4(7)5(8)9/h4,7H,2-3H2,(H,8,9)/t4-/m1/s1. The lowest BCUT2D eigenvalue weighted by molar-refractivity contribution is -0.146. The molecule has 2 N–H and O–H groups in total. The summed E-state index contributed by atoms with van der Waals surface area (Å²) in [4.78, 5) is 12.7. The van der Waals surface area contributed by atoms with Crippen molar-refractivity contribution in [2.75, 3.05) is 6.54 Å². The molecule has 0 aliphatic heterocycles. The molecule has 0 rings (SSSR count). The molecular formula is C5H7NO3. The Hall–Kier alpha value is -1.08. The molecule has 0 fully saturated rings. The van der Waals surface area contributed by atoms with Crippen molar-refractivity contribution in [3.8, 4) is 0 Å². The average molecular weight is 129 g/mol. The zero-order valence-corrected chi connectivity index (χ0v) is 4.74. The molecule has 0 spiro atoms. The van der Waals surface area contributed by atoms with Crippen LogP contribution >= 0.6 is 0 Å². The van der Waals surface area contributed by atoms with E-state index in [1.807, 2.05) is 0 Å². The van der Waals surface area contributed by atoms with Gasteiger partial charge in [-0.1, -0.05) is 0 Å². The lowest BCUT2D eigenvalue weighted by Gasteiger charge is -1.96. The van der Waals surface area contributed by atoms with E-state index in [2.05, 4.69) is 4.85 Å². The van der Waals surface area contributed by atoms with Crippen LogP contribution in [-0.2, 0) is 4.79 Å². The SMILES string of the molecule is [C-]#[N+]CC[C@@H](O)C(=O)O. The van der Waals surface area contributed by atoms with Gasteiger partial charge in [-0.2, -0.15) is 0 Å². The number of hydrogen-bond acceptors (Lipinski definition) is 2.